The maximum atomic E-state index is 12.1. The molecular formula is C15H13ClN6O3. The van der Waals surface area contributed by atoms with E-state index in [9.17, 15) is 9.59 Å². The molecule has 3 aromatic heterocycles. The Morgan fingerprint density at radius 2 is 2.08 bits per heavy atom. The average Bonchev–Trinajstić information content (AvgIpc) is 3.02. The fourth-order valence-electron chi connectivity index (χ4n) is 1.94. The Morgan fingerprint density at radius 3 is 2.76 bits per heavy atom. The highest BCUT2D eigenvalue weighted by molar-refractivity contribution is 6.30. The number of hydrogen-bond acceptors (Lipinski definition) is 7. The highest BCUT2D eigenvalue weighted by Gasteiger charge is 2.23. The SMILES string of the molecule is Cc1ccnc2nc(C(=O)OC(C)C(=O)Nc3ccc(Cl)cn3)nn12. The lowest BCUT2D eigenvalue weighted by Gasteiger charge is -2.11. The van der Waals surface area contributed by atoms with Crippen LogP contribution in [0.4, 0.5) is 5.82 Å². The fraction of sp³-hybridized carbons (Fsp3) is 0.200. The van der Waals surface area contributed by atoms with Gasteiger partial charge >= 0.3 is 5.97 Å². The van der Waals surface area contributed by atoms with Gasteiger partial charge in [0.2, 0.25) is 0 Å². The molecule has 10 heteroatoms. The Balaban J connectivity index is 1.67. The van der Waals surface area contributed by atoms with Crippen LogP contribution < -0.4 is 5.32 Å². The molecule has 9 nitrogen and oxygen atoms in total. The van der Waals surface area contributed by atoms with E-state index in [1.165, 1.54) is 23.7 Å². The van der Waals surface area contributed by atoms with Gasteiger partial charge in [-0.25, -0.2) is 19.3 Å². The van der Waals surface area contributed by atoms with E-state index >= 15 is 0 Å². The summed E-state index contributed by atoms with van der Waals surface area (Å²) in [6.45, 7) is 3.23. The standard InChI is InChI=1S/C15H13ClN6O3/c1-8-5-6-17-15-20-12(21-22(8)15)14(24)25-9(2)13(23)19-11-4-3-10(16)7-18-11/h3-7,9H,1-2H3,(H,18,19,23). The molecular weight excluding hydrogens is 348 g/mol. The van der Waals surface area contributed by atoms with E-state index in [0.717, 1.165) is 5.69 Å². The molecule has 3 aromatic rings. The van der Waals surface area contributed by atoms with Crippen LogP contribution in [0.2, 0.25) is 5.02 Å². The van der Waals surface area contributed by atoms with Crippen LogP contribution in [0.25, 0.3) is 5.78 Å². The summed E-state index contributed by atoms with van der Waals surface area (Å²) in [5.41, 5.74) is 0.760. The average molecular weight is 361 g/mol. The number of esters is 1. The molecule has 0 spiro atoms. The van der Waals surface area contributed by atoms with Crippen molar-refractivity contribution in [2.75, 3.05) is 5.32 Å². The molecule has 0 aromatic carbocycles. The molecule has 25 heavy (non-hydrogen) atoms. The molecule has 3 rings (SSSR count). The summed E-state index contributed by atoms with van der Waals surface area (Å²) in [6.07, 6.45) is 1.89. The van der Waals surface area contributed by atoms with Crippen molar-refractivity contribution >= 4 is 35.1 Å². The number of anilines is 1. The monoisotopic (exact) mass is 360 g/mol. The van der Waals surface area contributed by atoms with Gasteiger partial charge in [0.15, 0.2) is 6.10 Å². The summed E-state index contributed by atoms with van der Waals surface area (Å²) in [7, 11) is 0. The Bertz CT molecular complexity index is 940. The van der Waals surface area contributed by atoms with Gasteiger partial charge in [-0.2, -0.15) is 4.98 Å². The second-order valence-corrected chi connectivity index (χ2v) is 5.57. The number of amides is 1. The molecule has 1 unspecified atom stereocenters. The third-order valence-electron chi connectivity index (χ3n) is 3.24. The van der Waals surface area contributed by atoms with E-state index in [4.69, 9.17) is 16.3 Å². The quantitative estimate of drug-likeness (QED) is 0.704. The molecule has 0 aliphatic heterocycles. The van der Waals surface area contributed by atoms with E-state index in [1.807, 2.05) is 0 Å². The lowest BCUT2D eigenvalue weighted by molar-refractivity contribution is -0.123. The van der Waals surface area contributed by atoms with Crippen molar-refractivity contribution in [1.82, 2.24) is 24.6 Å². The number of carbonyl (C=O) groups excluding carboxylic acids is 2. The third kappa shape index (κ3) is 3.72. The fourth-order valence-corrected chi connectivity index (χ4v) is 2.05. The molecule has 0 saturated heterocycles. The lowest BCUT2D eigenvalue weighted by atomic mass is 10.3. The van der Waals surface area contributed by atoms with E-state index in [-0.39, 0.29) is 11.6 Å². The van der Waals surface area contributed by atoms with Gasteiger partial charge in [-0.05, 0) is 32.0 Å². The van der Waals surface area contributed by atoms with Crippen molar-refractivity contribution < 1.29 is 14.3 Å². The third-order valence-corrected chi connectivity index (χ3v) is 3.47. The molecule has 0 fully saturated rings. The minimum absolute atomic E-state index is 0.175. The predicted octanol–water partition coefficient (Wildman–Crippen LogP) is 1.67. The number of halogens is 1. The summed E-state index contributed by atoms with van der Waals surface area (Å²) < 4.78 is 6.51. The van der Waals surface area contributed by atoms with Crippen molar-refractivity contribution in [3.63, 3.8) is 0 Å². The number of fused-ring (bicyclic) bond motifs is 1. The molecule has 0 bridgehead atoms. The molecule has 1 N–H and O–H groups in total. The van der Waals surface area contributed by atoms with Gasteiger partial charge in [-0.15, -0.1) is 5.10 Å². The first-order chi connectivity index (χ1) is 11.9. The van der Waals surface area contributed by atoms with E-state index in [1.54, 1.807) is 25.3 Å². The van der Waals surface area contributed by atoms with Gasteiger partial charge in [0.1, 0.15) is 5.82 Å². The first-order valence-electron chi connectivity index (χ1n) is 7.26. The Kier molecular flexibility index (Phi) is 4.57. The summed E-state index contributed by atoms with van der Waals surface area (Å²) in [5, 5.41) is 6.99. The number of rotatable bonds is 4. The van der Waals surface area contributed by atoms with Crippen LogP contribution in [-0.2, 0) is 9.53 Å². The zero-order valence-corrected chi connectivity index (χ0v) is 14.1. The van der Waals surface area contributed by atoms with Crippen LogP contribution in [0.15, 0.2) is 30.6 Å². The second kappa shape index (κ2) is 6.81. The van der Waals surface area contributed by atoms with E-state index in [2.05, 4.69) is 25.4 Å². The first kappa shape index (κ1) is 16.8. The molecule has 0 radical (unpaired) electrons. The smallest absolute Gasteiger partial charge is 0.379 e. The zero-order chi connectivity index (χ0) is 18.0. The molecule has 0 aliphatic rings. The zero-order valence-electron chi connectivity index (χ0n) is 13.3. The van der Waals surface area contributed by atoms with Gasteiger partial charge in [0, 0.05) is 18.1 Å². The lowest BCUT2D eigenvalue weighted by Crippen LogP contribution is -2.30. The molecule has 0 saturated carbocycles. The number of pyridine rings is 1. The van der Waals surface area contributed by atoms with Crippen molar-refractivity contribution in [3.05, 3.63) is 47.1 Å². The summed E-state index contributed by atoms with van der Waals surface area (Å²) in [5.74, 6) is -0.971. The molecule has 1 amide bonds. The van der Waals surface area contributed by atoms with Gasteiger partial charge in [0.05, 0.1) is 5.02 Å². The Labute approximate surface area is 147 Å². The number of aromatic nitrogens is 5. The second-order valence-electron chi connectivity index (χ2n) is 5.13. The number of ether oxygens (including phenoxy) is 1. The number of nitrogens with one attached hydrogen (secondary N) is 1. The molecule has 128 valence electrons. The van der Waals surface area contributed by atoms with Crippen LogP contribution in [0.3, 0.4) is 0 Å². The van der Waals surface area contributed by atoms with Crippen LogP contribution in [0, 0.1) is 6.92 Å². The van der Waals surface area contributed by atoms with Gasteiger partial charge < -0.3 is 10.1 Å². The van der Waals surface area contributed by atoms with E-state index < -0.39 is 18.0 Å². The van der Waals surface area contributed by atoms with E-state index in [0.29, 0.717) is 10.8 Å². The van der Waals surface area contributed by atoms with Crippen LogP contribution in [0.1, 0.15) is 23.2 Å². The highest BCUT2D eigenvalue weighted by Crippen LogP contribution is 2.11. The summed E-state index contributed by atoms with van der Waals surface area (Å²) in [6, 6.07) is 4.84. The Hall–Kier alpha value is -3.07. The summed E-state index contributed by atoms with van der Waals surface area (Å²) >= 11 is 5.73. The van der Waals surface area contributed by atoms with Gasteiger partial charge in [0.25, 0.3) is 17.5 Å². The van der Waals surface area contributed by atoms with Gasteiger partial charge in [-0.3, -0.25) is 4.79 Å². The number of hydrogen-bond donors (Lipinski definition) is 1. The summed E-state index contributed by atoms with van der Waals surface area (Å²) in [4.78, 5) is 36.1. The number of aryl methyl sites for hydroxylation is 1. The van der Waals surface area contributed by atoms with Crippen molar-refractivity contribution in [2.45, 2.75) is 20.0 Å². The minimum Gasteiger partial charge on any atom is -0.447 e. The first-order valence-corrected chi connectivity index (χ1v) is 7.63. The van der Waals surface area contributed by atoms with Gasteiger partial charge in [-0.1, -0.05) is 11.6 Å². The van der Waals surface area contributed by atoms with Crippen molar-refractivity contribution in [1.29, 1.82) is 0 Å². The molecule has 1 atom stereocenters. The van der Waals surface area contributed by atoms with Crippen LogP contribution in [0.5, 0.6) is 0 Å². The topological polar surface area (TPSA) is 111 Å². The number of carbonyl (C=O) groups is 2. The predicted molar refractivity (Wildman–Crippen MR) is 88.3 cm³/mol. The highest BCUT2D eigenvalue weighted by atomic mass is 35.5. The maximum Gasteiger partial charge on any atom is 0.379 e. The van der Waals surface area contributed by atoms with Crippen LogP contribution >= 0.6 is 11.6 Å². The number of nitrogens with zero attached hydrogens (tertiary/aromatic N) is 5. The van der Waals surface area contributed by atoms with Crippen molar-refractivity contribution in [2.24, 2.45) is 0 Å². The normalized spacial score (nSPS) is 12.0. The maximum absolute atomic E-state index is 12.1. The van der Waals surface area contributed by atoms with Crippen LogP contribution in [-0.4, -0.2) is 42.5 Å². The molecule has 0 aliphatic carbocycles. The Morgan fingerprint density at radius 1 is 1.28 bits per heavy atom. The van der Waals surface area contributed by atoms with Crippen molar-refractivity contribution in [3.8, 4) is 0 Å². The largest absolute Gasteiger partial charge is 0.447 e. The minimum atomic E-state index is -1.06. The molecule has 3 heterocycles.